The largest absolute Gasteiger partial charge is 0.508 e. The Kier molecular flexibility index (Phi) is 21.8. The Morgan fingerprint density at radius 3 is 1.57 bits per heavy atom. The van der Waals surface area contributed by atoms with E-state index in [9.17, 15) is 4.79 Å². The van der Waals surface area contributed by atoms with E-state index in [-0.39, 0.29) is 13.2 Å². The van der Waals surface area contributed by atoms with E-state index in [0.29, 0.717) is 6.61 Å². The van der Waals surface area contributed by atoms with Crippen molar-refractivity contribution >= 4 is 6.16 Å². The van der Waals surface area contributed by atoms with Crippen LogP contribution in [0.3, 0.4) is 0 Å². The molecule has 0 spiro atoms. The van der Waals surface area contributed by atoms with E-state index in [1.807, 2.05) is 0 Å². The highest BCUT2D eigenvalue weighted by Crippen LogP contribution is 2.13. The fourth-order valence-electron chi connectivity index (χ4n) is 3.28. The molecule has 0 amide bonds. The van der Waals surface area contributed by atoms with Crippen molar-refractivity contribution < 1.29 is 24.1 Å². The molecule has 1 N–H and O–H groups in total. The van der Waals surface area contributed by atoms with Gasteiger partial charge in [-0.05, 0) is 6.42 Å². The molecule has 0 aliphatic rings. The van der Waals surface area contributed by atoms with Gasteiger partial charge in [0.15, 0.2) is 6.10 Å². The molecular weight excluding hydrogens is 356 g/mol. The Labute approximate surface area is 173 Å². The zero-order valence-electron chi connectivity index (χ0n) is 18.6. The van der Waals surface area contributed by atoms with Gasteiger partial charge >= 0.3 is 6.16 Å². The van der Waals surface area contributed by atoms with E-state index in [0.717, 1.165) is 6.42 Å². The molecule has 1 atom stereocenters. The molecule has 0 saturated carbocycles. The summed E-state index contributed by atoms with van der Waals surface area (Å²) >= 11 is 0. The molecule has 0 saturated heterocycles. The van der Waals surface area contributed by atoms with Gasteiger partial charge in [-0.2, -0.15) is 0 Å². The van der Waals surface area contributed by atoms with Crippen LogP contribution in [0.15, 0.2) is 0 Å². The average molecular weight is 403 g/mol. The average Bonchev–Trinajstić information content (AvgIpc) is 2.71. The highest BCUT2D eigenvalue weighted by atomic mass is 16.7. The van der Waals surface area contributed by atoms with E-state index >= 15 is 0 Å². The summed E-state index contributed by atoms with van der Waals surface area (Å²) in [6.07, 6.45) is 20.1. The fourth-order valence-corrected chi connectivity index (χ4v) is 3.28. The number of methoxy groups -OCH3 is 1. The molecule has 0 aromatic rings. The predicted molar refractivity (Wildman–Crippen MR) is 115 cm³/mol. The van der Waals surface area contributed by atoms with Crippen molar-refractivity contribution in [3.8, 4) is 0 Å². The zero-order chi connectivity index (χ0) is 20.7. The van der Waals surface area contributed by atoms with Crippen molar-refractivity contribution in [1.82, 2.24) is 0 Å². The Morgan fingerprint density at radius 2 is 1.18 bits per heavy atom. The van der Waals surface area contributed by atoms with Crippen molar-refractivity contribution in [2.45, 2.75) is 116 Å². The smallest absolute Gasteiger partial charge is 0.438 e. The lowest BCUT2D eigenvalue weighted by molar-refractivity contribution is -0.0311. The van der Waals surface area contributed by atoms with Gasteiger partial charge in [0.2, 0.25) is 0 Å². The molecule has 0 aromatic heterocycles. The molecule has 28 heavy (non-hydrogen) atoms. The van der Waals surface area contributed by atoms with Crippen LogP contribution in [0.5, 0.6) is 0 Å². The highest BCUT2D eigenvalue weighted by Gasteiger charge is 2.13. The highest BCUT2D eigenvalue weighted by molar-refractivity contribution is 5.59. The topological polar surface area (TPSA) is 65.0 Å². The third kappa shape index (κ3) is 19.9. The van der Waals surface area contributed by atoms with E-state index in [2.05, 4.69) is 11.7 Å². The maximum Gasteiger partial charge on any atom is 0.508 e. The maximum atomic E-state index is 11.0. The van der Waals surface area contributed by atoms with Gasteiger partial charge in [-0.15, -0.1) is 0 Å². The summed E-state index contributed by atoms with van der Waals surface area (Å²) in [4.78, 5) is 11.0. The lowest BCUT2D eigenvalue weighted by atomic mass is 10.0. The maximum absolute atomic E-state index is 11.0. The van der Waals surface area contributed by atoms with Crippen LogP contribution in [-0.2, 0) is 14.2 Å². The normalized spacial score (nSPS) is 12.1. The third-order valence-electron chi connectivity index (χ3n) is 5.08. The Balaban J connectivity index is 3.18. The fraction of sp³-hybridized carbons (Fsp3) is 0.957. The number of rotatable bonds is 21. The van der Waals surface area contributed by atoms with Gasteiger partial charge in [0.1, 0.15) is 0 Å². The van der Waals surface area contributed by atoms with Crippen LogP contribution in [-0.4, -0.2) is 44.3 Å². The summed E-state index contributed by atoms with van der Waals surface area (Å²) in [6, 6.07) is 0. The number of hydrogen-bond donors (Lipinski definition) is 1. The van der Waals surface area contributed by atoms with Crippen molar-refractivity contribution in [1.29, 1.82) is 0 Å². The molecule has 0 radical (unpaired) electrons. The van der Waals surface area contributed by atoms with Crippen LogP contribution >= 0.6 is 0 Å². The van der Waals surface area contributed by atoms with E-state index in [4.69, 9.17) is 14.6 Å². The number of unbranched alkanes of at least 4 members (excludes halogenated alkanes) is 15. The molecule has 0 bridgehead atoms. The molecule has 5 nitrogen and oxygen atoms in total. The Bertz CT molecular complexity index is 322. The molecule has 0 aliphatic carbocycles. The first-order valence-electron chi connectivity index (χ1n) is 11.7. The van der Waals surface area contributed by atoms with Crippen LogP contribution in [0.2, 0.25) is 0 Å². The van der Waals surface area contributed by atoms with Gasteiger partial charge in [0, 0.05) is 6.61 Å². The molecule has 0 aliphatic heterocycles. The van der Waals surface area contributed by atoms with Gasteiger partial charge in [-0.25, -0.2) is 4.79 Å². The second-order valence-corrected chi connectivity index (χ2v) is 7.75. The van der Waals surface area contributed by atoms with Crippen molar-refractivity contribution in [2.24, 2.45) is 0 Å². The van der Waals surface area contributed by atoms with E-state index in [1.165, 1.54) is 103 Å². The van der Waals surface area contributed by atoms with Crippen LogP contribution in [0.25, 0.3) is 0 Å². The van der Waals surface area contributed by atoms with Crippen molar-refractivity contribution in [2.75, 3.05) is 26.9 Å². The molecule has 5 heteroatoms. The lowest BCUT2D eigenvalue weighted by Gasteiger charge is -2.14. The second-order valence-electron chi connectivity index (χ2n) is 7.75. The van der Waals surface area contributed by atoms with Crippen molar-refractivity contribution in [3.63, 3.8) is 0 Å². The molecule has 0 aromatic carbocycles. The summed E-state index contributed by atoms with van der Waals surface area (Å²) in [5.74, 6) is 0. The van der Waals surface area contributed by atoms with Crippen molar-refractivity contribution in [3.05, 3.63) is 0 Å². The van der Waals surface area contributed by atoms with Gasteiger partial charge in [-0.3, -0.25) is 0 Å². The monoisotopic (exact) mass is 402 g/mol. The first-order valence-corrected chi connectivity index (χ1v) is 11.7. The lowest BCUT2D eigenvalue weighted by Crippen LogP contribution is -2.27. The number of hydrogen-bond acceptors (Lipinski definition) is 5. The van der Waals surface area contributed by atoms with Gasteiger partial charge in [0.05, 0.1) is 20.3 Å². The number of aliphatic hydroxyl groups excluding tert-OH is 1. The number of carbonyl (C=O) groups excluding carboxylic acids is 1. The first kappa shape index (κ1) is 27.2. The first-order chi connectivity index (χ1) is 13.7. The molecule has 0 rings (SSSR count). The summed E-state index contributed by atoms with van der Waals surface area (Å²) in [5, 5.41) is 9.10. The van der Waals surface area contributed by atoms with Gasteiger partial charge in [0.25, 0.3) is 0 Å². The molecule has 0 fully saturated rings. The van der Waals surface area contributed by atoms with Crippen LogP contribution in [0, 0.1) is 0 Å². The SMILES string of the molecule is CCCCCCCCCCCCCCCCCCOCC(CO)OC(=O)OC. The number of aliphatic hydroxyl groups is 1. The summed E-state index contributed by atoms with van der Waals surface area (Å²) in [5.41, 5.74) is 0. The quantitative estimate of drug-likeness (QED) is 0.177. The molecule has 168 valence electrons. The van der Waals surface area contributed by atoms with E-state index < -0.39 is 12.3 Å². The van der Waals surface area contributed by atoms with Gasteiger partial charge < -0.3 is 19.3 Å². The third-order valence-corrected chi connectivity index (χ3v) is 5.08. The molecular formula is C23H46O5. The zero-order valence-corrected chi connectivity index (χ0v) is 18.6. The van der Waals surface area contributed by atoms with Gasteiger partial charge in [-0.1, -0.05) is 103 Å². The minimum absolute atomic E-state index is 0.213. The minimum Gasteiger partial charge on any atom is -0.438 e. The Morgan fingerprint density at radius 1 is 0.750 bits per heavy atom. The van der Waals surface area contributed by atoms with Crippen LogP contribution < -0.4 is 0 Å². The van der Waals surface area contributed by atoms with Crippen LogP contribution in [0.4, 0.5) is 4.79 Å². The minimum atomic E-state index is -0.787. The summed E-state index contributed by atoms with van der Waals surface area (Å²) in [7, 11) is 1.24. The summed E-state index contributed by atoms with van der Waals surface area (Å²) < 4.78 is 14.7. The second kappa shape index (κ2) is 22.5. The number of carbonyl (C=O) groups is 1. The van der Waals surface area contributed by atoms with Crippen LogP contribution in [0.1, 0.15) is 110 Å². The number of ether oxygens (including phenoxy) is 3. The summed E-state index contributed by atoms with van der Waals surface area (Å²) in [6.45, 7) is 2.87. The predicted octanol–water partition coefficient (Wildman–Crippen LogP) is 6.41. The standard InChI is InChI=1S/C23H46O5/c1-3-4-5-6-7-8-9-10-11-12-13-14-15-16-17-18-19-27-21-22(20-24)28-23(25)26-2/h22,24H,3-21H2,1-2H3. The molecule has 0 heterocycles. The Hall–Kier alpha value is -0.810. The van der Waals surface area contributed by atoms with E-state index in [1.54, 1.807) is 0 Å². The molecule has 1 unspecified atom stereocenters.